The predicted molar refractivity (Wildman–Crippen MR) is 156 cm³/mol. The minimum atomic E-state index is -0.528. The highest BCUT2D eigenvalue weighted by atomic mass is 35.5. The summed E-state index contributed by atoms with van der Waals surface area (Å²) in [6.45, 7) is 14.3. The highest BCUT2D eigenvalue weighted by Crippen LogP contribution is 2.43. The van der Waals surface area contributed by atoms with Gasteiger partial charge in [0, 0.05) is 64.0 Å². The fourth-order valence-corrected chi connectivity index (χ4v) is 6.60. The van der Waals surface area contributed by atoms with Gasteiger partial charge in [0.05, 0.1) is 27.8 Å². The molecule has 0 saturated carbocycles. The van der Waals surface area contributed by atoms with Crippen molar-refractivity contribution in [2.24, 2.45) is 0 Å². The summed E-state index contributed by atoms with van der Waals surface area (Å²) in [6.07, 6.45) is 2.44. The van der Waals surface area contributed by atoms with Crippen molar-refractivity contribution in [1.82, 2.24) is 24.7 Å². The van der Waals surface area contributed by atoms with E-state index in [1.807, 2.05) is 17.0 Å². The number of amides is 1. The van der Waals surface area contributed by atoms with E-state index in [1.165, 1.54) is 0 Å². The van der Waals surface area contributed by atoms with Crippen LogP contribution in [0.5, 0.6) is 0 Å². The van der Waals surface area contributed by atoms with Crippen LogP contribution < -0.4 is 4.90 Å². The van der Waals surface area contributed by atoms with Crippen LogP contribution in [0.1, 0.15) is 68.4 Å². The first-order valence-corrected chi connectivity index (χ1v) is 15.0. The Balaban J connectivity index is 1.26. The second-order valence-corrected chi connectivity index (χ2v) is 12.3. The van der Waals surface area contributed by atoms with Crippen molar-refractivity contribution in [2.75, 3.05) is 63.8 Å². The molecule has 3 aliphatic rings. The maximum Gasteiger partial charge on any atom is 0.230 e. The van der Waals surface area contributed by atoms with Crippen LogP contribution in [0.2, 0.25) is 10.0 Å². The molecule has 3 heterocycles. The molecule has 1 amide bonds. The van der Waals surface area contributed by atoms with E-state index in [4.69, 9.17) is 23.2 Å². The van der Waals surface area contributed by atoms with Gasteiger partial charge < -0.3 is 19.8 Å². The summed E-state index contributed by atoms with van der Waals surface area (Å²) in [7, 11) is 0. The van der Waals surface area contributed by atoms with Crippen molar-refractivity contribution in [3.63, 3.8) is 0 Å². The van der Waals surface area contributed by atoms with Crippen molar-refractivity contribution in [2.45, 2.75) is 57.6 Å². The van der Waals surface area contributed by atoms with E-state index in [-0.39, 0.29) is 17.7 Å². The van der Waals surface area contributed by atoms with Gasteiger partial charge >= 0.3 is 0 Å². The molecule has 2 saturated heterocycles. The number of hydrogen-bond donors (Lipinski definition) is 1. The first-order chi connectivity index (χ1) is 18.7. The lowest BCUT2D eigenvalue weighted by Gasteiger charge is -2.39. The number of piperazine rings is 2. The number of benzene rings is 1. The zero-order chi connectivity index (χ0) is 27.7. The van der Waals surface area contributed by atoms with E-state index in [0.29, 0.717) is 48.7 Å². The zero-order valence-electron chi connectivity index (χ0n) is 23.2. The van der Waals surface area contributed by atoms with Crippen LogP contribution in [0.4, 0.5) is 5.82 Å². The van der Waals surface area contributed by atoms with Crippen LogP contribution in [-0.2, 0) is 4.79 Å². The number of aliphatic hydroxyl groups is 1. The number of carbonyl (C=O) groups excluding carboxylic acids is 1. The highest BCUT2D eigenvalue weighted by molar-refractivity contribution is 6.42. The van der Waals surface area contributed by atoms with E-state index in [9.17, 15) is 9.90 Å². The molecule has 1 aliphatic carbocycles. The van der Waals surface area contributed by atoms with Gasteiger partial charge in [-0.3, -0.25) is 9.69 Å². The van der Waals surface area contributed by atoms with E-state index < -0.39 is 6.10 Å². The predicted octanol–water partition coefficient (Wildman–Crippen LogP) is 4.17. The fraction of sp³-hybridized carbons (Fsp3) is 0.621. The zero-order valence-corrected chi connectivity index (χ0v) is 24.7. The summed E-state index contributed by atoms with van der Waals surface area (Å²) in [5, 5.41) is 11.4. The molecule has 2 aliphatic heterocycles. The van der Waals surface area contributed by atoms with E-state index in [2.05, 4.69) is 45.4 Å². The Morgan fingerprint density at radius 1 is 1.03 bits per heavy atom. The first kappa shape index (κ1) is 28.6. The topological polar surface area (TPSA) is 76.0 Å². The van der Waals surface area contributed by atoms with Gasteiger partial charge in [-0.2, -0.15) is 0 Å². The van der Waals surface area contributed by atoms with Crippen molar-refractivity contribution in [3.8, 4) is 0 Å². The summed E-state index contributed by atoms with van der Waals surface area (Å²) in [5.74, 6) is 0.989. The van der Waals surface area contributed by atoms with E-state index in [1.54, 1.807) is 12.4 Å². The van der Waals surface area contributed by atoms with Crippen LogP contribution in [-0.4, -0.2) is 101 Å². The van der Waals surface area contributed by atoms with Crippen molar-refractivity contribution in [3.05, 3.63) is 51.4 Å². The molecule has 2 fully saturated rings. The smallest absolute Gasteiger partial charge is 0.230 e. The van der Waals surface area contributed by atoms with Crippen LogP contribution in [0.25, 0.3) is 0 Å². The Hall–Kier alpha value is -1.97. The average molecular weight is 576 g/mol. The summed E-state index contributed by atoms with van der Waals surface area (Å²) in [5.41, 5.74) is 2.73. The van der Waals surface area contributed by atoms with Gasteiger partial charge in [0.2, 0.25) is 5.91 Å². The molecule has 3 atom stereocenters. The van der Waals surface area contributed by atoms with Gasteiger partial charge in [-0.15, -0.1) is 0 Å². The molecule has 5 rings (SSSR count). The Bertz CT molecular complexity index is 1160. The minimum Gasteiger partial charge on any atom is -0.387 e. The number of anilines is 1. The molecular weight excluding hydrogens is 535 g/mol. The molecular formula is C29H40Cl2N6O2. The molecule has 0 unspecified atom stereocenters. The maximum atomic E-state index is 14.0. The summed E-state index contributed by atoms with van der Waals surface area (Å²) in [6, 6.07) is 6.16. The second-order valence-electron chi connectivity index (χ2n) is 11.4. The summed E-state index contributed by atoms with van der Waals surface area (Å²) < 4.78 is 0. The lowest BCUT2D eigenvalue weighted by Crippen LogP contribution is -2.51. The molecule has 0 bridgehead atoms. The van der Waals surface area contributed by atoms with Gasteiger partial charge in [0.1, 0.15) is 12.1 Å². The number of aromatic nitrogens is 2. The van der Waals surface area contributed by atoms with Crippen LogP contribution in [0.15, 0.2) is 24.5 Å². The molecule has 8 nitrogen and oxygen atoms in total. The molecule has 0 radical (unpaired) electrons. The number of hydrogen-bond acceptors (Lipinski definition) is 7. The molecule has 10 heteroatoms. The van der Waals surface area contributed by atoms with Gasteiger partial charge in [-0.1, -0.05) is 36.2 Å². The van der Waals surface area contributed by atoms with Gasteiger partial charge in [-0.25, -0.2) is 9.97 Å². The van der Waals surface area contributed by atoms with Crippen molar-refractivity contribution >= 4 is 34.9 Å². The standard InChI is InChI=1S/C29H40Cl2N6O2/c1-19(2)35-10-8-34(9-11-35)7-6-22(21-4-5-23(30)24(31)17-21)29(39)37-14-12-36(13-15-37)28-26-20(3)16-25(38)27(26)32-18-33-28/h4-5,17-20,22,25,38H,6-16H2,1-3H3/t20-,22-,25-/m1/s1. The summed E-state index contributed by atoms with van der Waals surface area (Å²) >= 11 is 12.6. The minimum absolute atomic E-state index is 0.144. The first-order valence-electron chi connectivity index (χ1n) is 14.2. The lowest BCUT2D eigenvalue weighted by molar-refractivity contribution is -0.133. The van der Waals surface area contributed by atoms with Gasteiger partial charge in [-0.05, 0) is 56.8 Å². The Morgan fingerprint density at radius 3 is 2.41 bits per heavy atom. The maximum absolute atomic E-state index is 14.0. The Labute approximate surface area is 241 Å². The van der Waals surface area contributed by atoms with Crippen LogP contribution in [0, 0.1) is 0 Å². The van der Waals surface area contributed by atoms with Crippen LogP contribution in [0.3, 0.4) is 0 Å². The lowest BCUT2D eigenvalue weighted by atomic mass is 9.93. The monoisotopic (exact) mass is 574 g/mol. The van der Waals surface area contributed by atoms with Crippen molar-refractivity contribution in [1.29, 1.82) is 0 Å². The van der Waals surface area contributed by atoms with Crippen LogP contribution >= 0.6 is 23.2 Å². The second kappa shape index (κ2) is 12.3. The van der Waals surface area contributed by atoms with E-state index in [0.717, 1.165) is 61.8 Å². The fourth-order valence-electron chi connectivity index (χ4n) is 6.29. The normalized spacial score (nSPS) is 23.4. The highest BCUT2D eigenvalue weighted by Gasteiger charge is 2.35. The third kappa shape index (κ3) is 6.20. The Kier molecular flexibility index (Phi) is 8.98. The average Bonchev–Trinajstić information content (AvgIpc) is 3.24. The largest absolute Gasteiger partial charge is 0.387 e. The van der Waals surface area contributed by atoms with E-state index >= 15 is 0 Å². The molecule has 212 valence electrons. The molecule has 1 N–H and O–H groups in total. The molecule has 0 spiro atoms. The number of fused-ring (bicyclic) bond motifs is 1. The number of carbonyl (C=O) groups is 1. The number of halogens is 2. The van der Waals surface area contributed by atoms with Gasteiger partial charge in [0.25, 0.3) is 0 Å². The van der Waals surface area contributed by atoms with Gasteiger partial charge in [0.15, 0.2) is 0 Å². The molecule has 1 aromatic heterocycles. The quantitative estimate of drug-likeness (QED) is 0.531. The molecule has 1 aromatic carbocycles. The molecule has 2 aromatic rings. The molecule has 39 heavy (non-hydrogen) atoms. The third-order valence-electron chi connectivity index (χ3n) is 8.69. The number of nitrogens with zero attached hydrogens (tertiary/aromatic N) is 6. The summed E-state index contributed by atoms with van der Waals surface area (Å²) in [4.78, 5) is 32.1. The Morgan fingerprint density at radius 2 is 1.74 bits per heavy atom. The number of rotatable bonds is 7. The third-order valence-corrected chi connectivity index (χ3v) is 9.42. The number of aliphatic hydroxyl groups excluding tert-OH is 1. The van der Waals surface area contributed by atoms with Crippen molar-refractivity contribution < 1.29 is 9.90 Å². The SMILES string of the molecule is CC(C)N1CCN(CC[C@@H](C(=O)N2CCN(c3ncnc4c3[C@H](C)C[C@H]4O)CC2)c2ccc(Cl)c(Cl)c2)CC1.